The molecule has 0 spiro atoms. The van der Waals surface area contributed by atoms with Crippen LogP contribution in [0.15, 0.2) is 33.9 Å². The number of thioether (sulfide) groups is 1. The number of hydrogen-bond acceptors (Lipinski definition) is 5. The molecule has 2 aromatic rings. The van der Waals surface area contributed by atoms with Gasteiger partial charge in [0.05, 0.1) is 0 Å². The van der Waals surface area contributed by atoms with Gasteiger partial charge in [0.1, 0.15) is 11.1 Å². The molecule has 0 amide bonds. The third-order valence-corrected chi connectivity index (χ3v) is 3.03. The van der Waals surface area contributed by atoms with Crippen LogP contribution in [-0.4, -0.2) is 26.5 Å². The van der Waals surface area contributed by atoms with Crippen LogP contribution in [0.4, 0.5) is 4.39 Å². The van der Waals surface area contributed by atoms with E-state index in [1.54, 1.807) is 6.07 Å². The fraction of sp³-hybridized carbons (Fsp3) is 0.182. The van der Waals surface area contributed by atoms with Crippen molar-refractivity contribution in [2.24, 2.45) is 0 Å². The van der Waals surface area contributed by atoms with E-state index in [2.05, 4.69) is 10.2 Å². The van der Waals surface area contributed by atoms with Crippen molar-refractivity contribution >= 4 is 17.7 Å². The van der Waals surface area contributed by atoms with Crippen LogP contribution in [0.25, 0.3) is 11.5 Å². The number of carboxylic acid groups (broad SMARTS) is 1. The topological polar surface area (TPSA) is 76.2 Å². The zero-order chi connectivity index (χ0) is 13.1. The second-order valence-corrected chi connectivity index (χ2v) is 4.77. The van der Waals surface area contributed by atoms with Crippen LogP contribution >= 0.6 is 11.8 Å². The maximum atomic E-state index is 13.0. The van der Waals surface area contributed by atoms with Crippen LogP contribution in [0.2, 0.25) is 0 Å². The van der Waals surface area contributed by atoms with E-state index < -0.39 is 17.0 Å². The third kappa shape index (κ3) is 2.86. The molecule has 1 aromatic heterocycles. The quantitative estimate of drug-likeness (QED) is 0.858. The molecule has 5 nitrogen and oxygen atoms in total. The molecule has 1 heterocycles. The maximum absolute atomic E-state index is 13.0. The summed E-state index contributed by atoms with van der Waals surface area (Å²) in [6, 6.07) is 5.73. The van der Waals surface area contributed by atoms with Gasteiger partial charge in [-0.25, -0.2) is 4.39 Å². The van der Waals surface area contributed by atoms with Crippen molar-refractivity contribution in [3.05, 3.63) is 30.1 Å². The molecule has 0 bridgehead atoms. The van der Waals surface area contributed by atoms with Gasteiger partial charge in [-0.2, -0.15) is 0 Å². The molecular formula is C11H9FN2O3S. The molecule has 0 saturated heterocycles. The average Bonchev–Trinajstić information content (AvgIpc) is 2.77. The molecule has 2 rings (SSSR count). The van der Waals surface area contributed by atoms with Crippen LogP contribution in [-0.2, 0) is 4.79 Å². The first-order chi connectivity index (χ1) is 8.56. The Labute approximate surface area is 106 Å². The maximum Gasteiger partial charge on any atom is 0.316 e. The first-order valence-corrected chi connectivity index (χ1v) is 5.93. The van der Waals surface area contributed by atoms with E-state index in [-0.39, 0.29) is 11.1 Å². The van der Waals surface area contributed by atoms with Crippen molar-refractivity contribution in [1.29, 1.82) is 0 Å². The van der Waals surface area contributed by atoms with Crippen LogP contribution in [0.5, 0.6) is 0 Å². The number of hydrogen-bond donors (Lipinski definition) is 1. The molecule has 0 fully saturated rings. The molecule has 18 heavy (non-hydrogen) atoms. The van der Waals surface area contributed by atoms with Crippen LogP contribution in [0, 0.1) is 5.82 Å². The number of nitrogens with zero attached hydrogens (tertiary/aromatic N) is 2. The zero-order valence-corrected chi connectivity index (χ0v) is 10.1. The Morgan fingerprint density at radius 2 is 2.28 bits per heavy atom. The Bertz CT molecular complexity index is 573. The van der Waals surface area contributed by atoms with Crippen LogP contribution in [0.3, 0.4) is 0 Å². The number of rotatable bonds is 4. The van der Waals surface area contributed by atoms with Crippen molar-refractivity contribution < 1.29 is 18.7 Å². The SMILES string of the molecule is C[C@@H](Sc1nnc(-c2cccc(F)c2)o1)C(=O)O. The normalized spacial score (nSPS) is 12.3. The number of carboxylic acids is 1. The average molecular weight is 268 g/mol. The van der Waals surface area contributed by atoms with E-state index in [0.717, 1.165) is 11.8 Å². The summed E-state index contributed by atoms with van der Waals surface area (Å²) < 4.78 is 18.3. The first kappa shape index (κ1) is 12.6. The Balaban J connectivity index is 2.18. The highest BCUT2D eigenvalue weighted by Gasteiger charge is 2.17. The van der Waals surface area contributed by atoms with Gasteiger partial charge in [-0.05, 0) is 25.1 Å². The number of aromatic nitrogens is 2. The number of carbonyl (C=O) groups is 1. The van der Waals surface area contributed by atoms with Crippen molar-refractivity contribution in [1.82, 2.24) is 10.2 Å². The van der Waals surface area contributed by atoms with Gasteiger partial charge < -0.3 is 9.52 Å². The van der Waals surface area contributed by atoms with Gasteiger partial charge in [-0.1, -0.05) is 17.8 Å². The highest BCUT2D eigenvalue weighted by molar-refractivity contribution is 8.00. The molecule has 0 radical (unpaired) electrons. The Morgan fingerprint density at radius 3 is 2.94 bits per heavy atom. The number of halogens is 1. The minimum Gasteiger partial charge on any atom is -0.480 e. The van der Waals surface area contributed by atoms with Gasteiger partial charge in [0.2, 0.25) is 5.89 Å². The predicted octanol–water partition coefficient (Wildman–Crippen LogP) is 2.44. The molecule has 1 atom stereocenters. The standard InChI is InChI=1S/C11H9FN2O3S/c1-6(10(15)16)18-11-14-13-9(17-11)7-3-2-4-8(12)5-7/h2-6H,1H3,(H,15,16)/t6-/m1/s1. The smallest absolute Gasteiger partial charge is 0.316 e. The molecule has 0 unspecified atom stereocenters. The molecule has 7 heteroatoms. The van der Waals surface area contributed by atoms with E-state index in [1.165, 1.54) is 25.1 Å². The summed E-state index contributed by atoms with van der Waals surface area (Å²) in [6.45, 7) is 1.51. The van der Waals surface area contributed by atoms with Crippen molar-refractivity contribution in [2.45, 2.75) is 17.4 Å². The summed E-state index contributed by atoms with van der Waals surface area (Å²) in [5, 5.41) is 15.6. The Hall–Kier alpha value is -1.89. The van der Waals surface area contributed by atoms with Gasteiger partial charge in [0.25, 0.3) is 5.22 Å². The second-order valence-electron chi connectivity index (χ2n) is 3.48. The van der Waals surface area contributed by atoms with Gasteiger partial charge in [-0.15, -0.1) is 10.2 Å². The van der Waals surface area contributed by atoms with Crippen LogP contribution < -0.4 is 0 Å². The Kier molecular flexibility index (Phi) is 3.61. The molecule has 1 aromatic carbocycles. The summed E-state index contributed by atoms with van der Waals surface area (Å²) >= 11 is 0.938. The molecule has 0 aliphatic heterocycles. The first-order valence-electron chi connectivity index (χ1n) is 5.05. The predicted molar refractivity (Wildman–Crippen MR) is 62.6 cm³/mol. The summed E-state index contributed by atoms with van der Waals surface area (Å²) in [5.41, 5.74) is 0.456. The van der Waals surface area contributed by atoms with Crippen molar-refractivity contribution in [3.63, 3.8) is 0 Å². The van der Waals surface area contributed by atoms with Gasteiger partial charge in [0.15, 0.2) is 0 Å². The van der Waals surface area contributed by atoms with E-state index >= 15 is 0 Å². The molecule has 0 aliphatic rings. The highest BCUT2D eigenvalue weighted by Crippen LogP contribution is 2.26. The largest absolute Gasteiger partial charge is 0.480 e. The zero-order valence-electron chi connectivity index (χ0n) is 9.33. The molecule has 1 N–H and O–H groups in total. The number of benzene rings is 1. The molecule has 94 valence electrons. The highest BCUT2D eigenvalue weighted by atomic mass is 32.2. The molecule has 0 saturated carbocycles. The minimum atomic E-state index is -0.967. The van der Waals surface area contributed by atoms with Crippen molar-refractivity contribution in [2.75, 3.05) is 0 Å². The van der Waals surface area contributed by atoms with Gasteiger partial charge >= 0.3 is 5.97 Å². The fourth-order valence-corrected chi connectivity index (χ4v) is 1.82. The Morgan fingerprint density at radius 1 is 1.50 bits per heavy atom. The lowest BCUT2D eigenvalue weighted by Crippen LogP contribution is -2.10. The van der Waals surface area contributed by atoms with Crippen molar-refractivity contribution in [3.8, 4) is 11.5 Å². The summed E-state index contributed by atoms with van der Waals surface area (Å²) in [6.07, 6.45) is 0. The van der Waals surface area contributed by atoms with E-state index in [0.29, 0.717) is 5.56 Å². The minimum absolute atomic E-state index is 0.143. The van der Waals surface area contributed by atoms with E-state index in [1.807, 2.05) is 0 Å². The second kappa shape index (κ2) is 5.18. The lowest BCUT2D eigenvalue weighted by molar-refractivity contribution is -0.136. The summed E-state index contributed by atoms with van der Waals surface area (Å²) in [7, 11) is 0. The van der Waals surface area contributed by atoms with Crippen LogP contribution in [0.1, 0.15) is 6.92 Å². The number of aliphatic carboxylic acids is 1. The fourth-order valence-electron chi connectivity index (χ4n) is 1.20. The molecule has 0 aliphatic carbocycles. The molecular weight excluding hydrogens is 259 g/mol. The summed E-state index contributed by atoms with van der Waals surface area (Å²) in [4.78, 5) is 10.7. The third-order valence-electron chi connectivity index (χ3n) is 2.10. The lowest BCUT2D eigenvalue weighted by atomic mass is 10.2. The van der Waals surface area contributed by atoms with E-state index in [9.17, 15) is 9.18 Å². The van der Waals surface area contributed by atoms with E-state index in [4.69, 9.17) is 9.52 Å². The lowest BCUT2D eigenvalue weighted by Gasteiger charge is -1.99. The monoisotopic (exact) mass is 268 g/mol. The van der Waals surface area contributed by atoms with Gasteiger partial charge in [0, 0.05) is 5.56 Å². The summed E-state index contributed by atoms with van der Waals surface area (Å²) in [5.74, 6) is -1.21. The van der Waals surface area contributed by atoms with Gasteiger partial charge in [-0.3, -0.25) is 4.79 Å².